The normalized spacial score (nSPS) is 11.2. The molecule has 0 radical (unpaired) electrons. The molecule has 0 amide bonds. The molecule has 0 N–H and O–H groups in total. The Morgan fingerprint density at radius 2 is 2.08 bits per heavy atom. The Kier molecular flexibility index (Phi) is 6.06. The van der Waals surface area contributed by atoms with Crippen LogP contribution in [-0.4, -0.2) is 43.2 Å². The first kappa shape index (κ1) is 17.9. The monoisotopic (exact) mass is 378 g/mol. The number of hydrogen-bond acceptors (Lipinski definition) is 6. The number of nitrogens with zero attached hydrogens (tertiary/aromatic N) is 6. The Hall–Kier alpha value is -1.90. The van der Waals surface area contributed by atoms with E-state index in [1.54, 1.807) is 29.9 Å². The molecule has 0 aliphatic heterocycles. The van der Waals surface area contributed by atoms with Crippen LogP contribution in [0.25, 0.3) is 11.4 Å². The van der Waals surface area contributed by atoms with E-state index in [0.29, 0.717) is 17.4 Å². The summed E-state index contributed by atoms with van der Waals surface area (Å²) in [4.78, 5) is 4.25. The summed E-state index contributed by atoms with van der Waals surface area (Å²) in [6, 6.07) is 7.66. The van der Waals surface area contributed by atoms with Crippen molar-refractivity contribution < 1.29 is 4.74 Å². The molecule has 0 aliphatic carbocycles. The quantitative estimate of drug-likeness (QED) is 0.443. The Morgan fingerprint density at radius 3 is 2.80 bits per heavy atom. The number of benzene rings is 1. The zero-order chi connectivity index (χ0) is 17.6. The van der Waals surface area contributed by atoms with Gasteiger partial charge in [-0.3, -0.25) is 4.68 Å². The third kappa shape index (κ3) is 4.20. The molecule has 2 heterocycles. The fourth-order valence-corrected chi connectivity index (χ4v) is 3.56. The number of methoxy groups -OCH3 is 1. The highest BCUT2D eigenvalue weighted by Gasteiger charge is 2.17. The zero-order valence-corrected chi connectivity index (χ0v) is 15.7. The largest absolute Gasteiger partial charge is 0.385 e. The molecule has 132 valence electrons. The number of ether oxygens (including phenoxy) is 1. The lowest BCUT2D eigenvalue weighted by molar-refractivity contribution is 0.189. The van der Waals surface area contributed by atoms with Gasteiger partial charge in [0.25, 0.3) is 0 Å². The van der Waals surface area contributed by atoms with Crippen molar-refractivity contribution in [2.24, 2.45) is 7.05 Å². The lowest BCUT2D eigenvalue weighted by atomic mass is 10.2. The van der Waals surface area contributed by atoms with Crippen molar-refractivity contribution in [1.82, 2.24) is 29.5 Å². The van der Waals surface area contributed by atoms with E-state index < -0.39 is 0 Å². The molecular formula is C16H19ClN6OS. The first-order valence-corrected chi connectivity index (χ1v) is 9.19. The van der Waals surface area contributed by atoms with Crippen molar-refractivity contribution in [1.29, 1.82) is 0 Å². The van der Waals surface area contributed by atoms with Crippen LogP contribution in [0, 0.1) is 0 Å². The number of rotatable bonds is 8. The van der Waals surface area contributed by atoms with E-state index in [-0.39, 0.29) is 0 Å². The van der Waals surface area contributed by atoms with Crippen molar-refractivity contribution in [2.75, 3.05) is 13.7 Å². The van der Waals surface area contributed by atoms with Crippen LogP contribution in [-0.2, 0) is 24.1 Å². The molecule has 0 unspecified atom stereocenters. The zero-order valence-electron chi connectivity index (χ0n) is 14.1. The van der Waals surface area contributed by atoms with Gasteiger partial charge in [0, 0.05) is 32.9 Å². The molecule has 0 fully saturated rings. The smallest absolute Gasteiger partial charge is 0.191 e. The number of aryl methyl sites for hydroxylation is 1. The van der Waals surface area contributed by atoms with Crippen molar-refractivity contribution in [3.8, 4) is 11.4 Å². The Labute approximate surface area is 155 Å². The first-order chi connectivity index (χ1) is 12.2. The molecule has 0 saturated heterocycles. The van der Waals surface area contributed by atoms with Crippen LogP contribution in [0.2, 0.25) is 5.02 Å². The molecule has 0 atom stereocenters. The maximum Gasteiger partial charge on any atom is 0.191 e. The van der Waals surface area contributed by atoms with Gasteiger partial charge in [-0.1, -0.05) is 35.5 Å². The van der Waals surface area contributed by atoms with Gasteiger partial charge >= 0.3 is 0 Å². The number of hydrogen-bond donors (Lipinski definition) is 0. The third-order valence-electron chi connectivity index (χ3n) is 3.70. The van der Waals surface area contributed by atoms with Crippen LogP contribution in [0.15, 0.2) is 35.7 Å². The Bertz CT molecular complexity index is 834. The maximum absolute atomic E-state index is 6.35. The summed E-state index contributed by atoms with van der Waals surface area (Å²) in [7, 11) is 3.58. The highest BCUT2D eigenvalue weighted by molar-refractivity contribution is 7.98. The minimum absolute atomic E-state index is 0.660. The molecule has 3 aromatic rings. The van der Waals surface area contributed by atoms with Crippen LogP contribution >= 0.6 is 23.4 Å². The number of thioether (sulfide) groups is 1. The molecule has 0 bridgehead atoms. The summed E-state index contributed by atoms with van der Waals surface area (Å²) in [5.41, 5.74) is 0.875. The maximum atomic E-state index is 6.35. The van der Waals surface area contributed by atoms with Gasteiger partial charge in [0.05, 0.1) is 10.8 Å². The first-order valence-electron chi connectivity index (χ1n) is 7.83. The number of halogens is 1. The van der Waals surface area contributed by atoms with Crippen LogP contribution < -0.4 is 0 Å². The van der Waals surface area contributed by atoms with Gasteiger partial charge < -0.3 is 9.30 Å². The molecular weight excluding hydrogens is 360 g/mol. The van der Waals surface area contributed by atoms with Crippen LogP contribution in [0.4, 0.5) is 0 Å². The summed E-state index contributed by atoms with van der Waals surface area (Å²) in [5, 5.41) is 14.3. The minimum atomic E-state index is 0.660. The molecule has 7 nitrogen and oxygen atoms in total. The molecule has 2 aromatic heterocycles. The van der Waals surface area contributed by atoms with Crippen molar-refractivity contribution in [2.45, 2.75) is 23.9 Å². The summed E-state index contributed by atoms with van der Waals surface area (Å²) >= 11 is 7.93. The second-order valence-corrected chi connectivity index (χ2v) is 6.72. The molecule has 0 aliphatic rings. The molecule has 9 heteroatoms. The summed E-state index contributed by atoms with van der Waals surface area (Å²) in [6.45, 7) is 1.43. The molecule has 25 heavy (non-hydrogen) atoms. The van der Waals surface area contributed by atoms with Crippen molar-refractivity contribution >= 4 is 23.4 Å². The SMILES string of the molecule is COCCCn1c(SCc2ncnn2C)nnc1-c1ccccc1Cl. The highest BCUT2D eigenvalue weighted by Crippen LogP contribution is 2.30. The van der Waals surface area contributed by atoms with E-state index in [0.717, 1.165) is 35.3 Å². The molecule has 3 rings (SSSR count). The highest BCUT2D eigenvalue weighted by atomic mass is 35.5. The van der Waals surface area contributed by atoms with E-state index in [9.17, 15) is 0 Å². The van der Waals surface area contributed by atoms with Gasteiger partial charge in [0.1, 0.15) is 12.2 Å². The minimum Gasteiger partial charge on any atom is -0.385 e. The molecule has 0 spiro atoms. The van der Waals surface area contributed by atoms with Crippen LogP contribution in [0.1, 0.15) is 12.2 Å². The van der Waals surface area contributed by atoms with Gasteiger partial charge in [-0.05, 0) is 18.6 Å². The second kappa shape index (κ2) is 8.46. The van der Waals surface area contributed by atoms with Gasteiger partial charge in [0.15, 0.2) is 11.0 Å². The summed E-state index contributed by atoms with van der Waals surface area (Å²) < 4.78 is 9.02. The van der Waals surface area contributed by atoms with E-state index in [4.69, 9.17) is 16.3 Å². The lowest BCUT2D eigenvalue weighted by Crippen LogP contribution is -2.06. The van der Waals surface area contributed by atoms with Crippen molar-refractivity contribution in [3.05, 3.63) is 41.4 Å². The predicted octanol–water partition coefficient (Wildman–Crippen LogP) is 3.06. The second-order valence-electron chi connectivity index (χ2n) is 5.37. The molecule has 1 aromatic carbocycles. The average molecular weight is 379 g/mol. The molecule has 0 saturated carbocycles. The fraction of sp³-hybridized carbons (Fsp3) is 0.375. The lowest BCUT2D eigenvalue weighted by Gasteiger charge is -2.10. The van der Waals surface area contributed by atoms with Crippen molar-refractivity contribution in [3.63, 3.8) is 0 Å². The van der Waals surface area contributed by atoms with Gasteiger partial charge in [-0.2, -0.15) is 5.10 Å². The van der Waals surface area contributed by atoms with Gasteiger partial charge in [-0.15, -0.1) is 10.2 Å². The van der Waals surface area contributed by atoms with E-state index in [1.807, 2.05) is 31.3 Å². The standard InChI is InChI=1S/C16H19ClN6OS/c1-22-14(18-11-19-22)10-25-16-21-20-15(23(16)8-5-9-24-2)12-6-3-4-7-13(12)17/h3-4,6-7,11H,5,8-10H2,1-2H3. The Balaban J connectivity index is 1.87. The van der Waals surface area contributed by atoms with E-state index in [1.165, 1.54) is 0 Å². The summed E-state index contributed by atoms with van der Waals surface area (Å²) in [6.07, 6.45) is 2.41. The van der Waals surface area contributed by atoms with E-state index in [2.05, 4.69) is 24.8 Å². The average Bonchev–Trinajstić information content (AvgIpc) is 3.20. The van der Waals surface area contributed by atoms with E-state index >= 15 is 0 Å². The van der Waals surface area contributed by atoms with Crippen LogP contribution in [0.5, 0.6) is 0 Å². The topological polar surface area (TPSA) is 70.7 Å². The predicted molar refractivity (Wildman–Crippen MR) is 97.5 cm³/mol. The third-order valence-corrected chi connectivity index (χ3v) is 4.99. The number of aromatic nitrogens is 6. The summed E-state index contributed by atoms with van der Waals surface area (Å²) in [5.74, 6) is 2.32. The fourth-order valence-electron chi connectivity index (χ4n) is 2.39. The van der Waals surface area contributed by atoms with Gasteiger partial charge in [0.2, 0.25) is 0 Å². The van der Waals surface area contributed by atoms with Crippen LogP contribution in [0.3, 0.4) is 0 Å². The Morgan fingerprint density at radius 1 is 1.24 bits per heavy atom. The van der Waals surface area contributed by atoms with Gasteiger partial charge in [-0.25, -0.2) is 4.98 Å².